The van der Waals surface area contributed by atoms with Crippen molar-refractivity contribution in [3.05, 3.63) is 94.0 Å². The number of ketones is 1. The number of esters is 1. The minimum atomic E-state index is -0.462. The van der Waals surface area contributed by atoms with Gasteiger partial charge in [-0.2, -0.15) is 0 Å². The van der Waals surface area contributed by atoms with Gasteiger partial charge in [0.25, 0.3) is 0 Å². The molecule has 0 atom stereocenters. The summed E-state index contributed by atoms with van der Waals surface area (Å²) in [7, 11) is 0. The fourth-order valence-electron chi connectivity index (χ4n) is 3.55. The molecule has 0 saturated heterocycles. The standard InChI is InChI=1S/C24H20O3/c1-15-7-8-16(2)21(11-15)24(26)27-14-23(25)19-10-9-18-12-17-5-3-4-6-20(17)22(18)13-19/h3-11,13H,12,14H2,1-2H3. The fourth-order valence-corrected chi connectivity index (χ4v) is 3.55. The second kappa shape index (κ2) is 6.84. The predicted octanol–water partition coefficient (Wildman–Crippen LogP) is 4.91. The Bertz CT molecular complexity index is 1060. The molecule has 3 aromatic carbocycles. The molecule has 27 heavy (non-hydrogen) atoms. The molecule has 3 aromatic rings. The van der Waals surface area contributed by atoms with Crippen molar-refractivity contribution in [3.8, 4) is 11.1 Å². The van der Waals surface area contributed by atoms with E-state index in [0.717, 1.165) is 23.1 Å². The Labute approximate surface area is 158 Å². The second-order valence-electron chi connectivity index (χ2n) is 7.02. The number of carbonyl (C=O) groups excluding carboxylic acids is 2. The summed E-state index contributed by atoms with van der Waals surface area (Å²) in [6.45, 7) is 3.52. The molecule has 0 radical (unpaired) electrons. The fraction of sp³-hybridized carbons (Fsp3) is 0.167. The first-order chi connectivity index (χ1) is 13.0. The molecule has 134 valence electrons. The summed E-state index contributed by atoms with van der Waals surface area (Å²) >= 11 is 0. The SMILES string of the molecule is Cc1ccc(C)c(C(=O)OCC(=O)c2ccc3c(c2)-c2ccccc2C3)c1. The number of hydrogen-bond donors (Lipinski definition) is 0. The molecule has 3 nitrogen and oxygen atoms in total. The van der Waals surface area contributed by atoms with E-state index in [-0.39, 0.29) is 12.4 Å². The van der Waals surface area contributed by atoms with E-state index in [9.17, 15) is 9.59 Å². The molecule has 0 aliphatic heterocycles. The highest BCUT2D eigenvalue weighted by molar-refractivity contribution is 6.01. The minimum absolute atomic E-state index is 0.194. The summed E-state index contributed by atoms with van der Waals surface area (Å²) in [5, 5.41) is 0. The van der Waals surface area contributed by atoms with Crippen LogP contribution < -0.4 is 0 Å². The number of aryl methyl sites for hydroxylation is 2. The lowest BCUT2D eigenvalue weighted by Crippen LogP contribution is -2.15. The smallest absolute Gasteiger partial charge is 0.338 e. The van der Waals surface area contributed by atoms with Gasteiger partial charge in [-0.3, -0.25) is 4.79 Å². The third-order valence-electron chi connectivity index (χ3n) is 5.07. The zero-order chi connectivity index (χ0) is 19.0. The van der Waals surface area contributed by atoms with Crippen molar-refractivity contribution in [1.82, 2.24) is 0 Å². The highest BCUT2D eigenvalue weighted by Crippen LogP contribution is 2.36. The minimum Gasteiger partial charge on any atom is -0.454 e. The number of carbonyl (C=O) groups is 2. The van der Waals surface area contributed by atoms with Gasteiger partial charge in [0.15, 0.2) is 12.4 Å². The number of hydrogen-bond acceptors (Lipinski definition) is 3. The Balaban J connectivity index is 1.50. The molecule has 1 aliphatic carbocycles. The highest BCUT2D eigenvalue weighted by Gasteiger charge is 2.20. The van der Waals surface area contributed by atoms with Crippen LogP contribution in [0.25, 0.3) is 11.1 Å². The first-order valence-corrected chi connectivity index (χ1v) is 9.02. The quantitative estimate of drug-likeness (QED) is 0.385. The molecular weight excluding hydrogens is 336 g/mol. The van der Waals surface area contributed by atoms with Crippen molar-refractivity contribution in [2.45, 2.75) is 20.3 Å². The Hall–Kier alpha value is -3.20. The molecule has 0 unspecified atom stereocenters. The molecule has 0 aromatic heterocycles. The van der Waals surface area contributed by atoms with Crippen LogP contribution in [-0.4, -0.2) is 18.4 Å². The topological polar surface area (TPSA) is 43.4 Å². The summed E-state index contributed by atoms with van der Waals surface area (Å²) in [5.74, 6) is -0.656. The molecule has 0 N–H and O–H groups in total. The van der Waals surface area contributed by atoms with Gasteiger partial charge in [-0.05, 0) is 60.2 Å². The number of ether oxygens (including phenoxy) is 1. The van der Waals surface area contributed by atoms with Crippen LogP contribution in [0, 0.1) is 13.8 Å². The van der Waals surface area contributed by atoms with Gasteiger partial charge in [0.05, 0.1) is 5.56 Å². The maximum Gasteiger partial charge on any atom is 0.338 e. The van der Waals surface area contributed by atoms with Gasteiger partial charge in [0, 0.05) is 5.56 Å². The summed E-state index contributed by atoms with van der Waals surface area (Å²) < 4.78 is 5.28. The van der Waals surface area contributed by atoms with Crippen LogP contribution in [0.15, 0.2) is 60.7 Å². The van der Waals surface area contributed by atoms with E-state index in [0.29, 0.717) is 11.1 Å². The molecule has 3 heteroatoms. The van der Waals surface area contributed by atoms with E-state index in [4.69, 9.17) is 4.74 Å². The molecule has 0 bridgehead atoms. The van der Waals surface area contributed by atoms with Crippen LogP contribution in [0.1, 0.15) is 43.0 Å². The van der Waals surface area contributed by atoms with Crippen molar-refractivity contribution in [3.63, 3.8) is 0 Å². The van der Waals surface area contributed by atoms with Crippen LogP contribution >= 0.6 is 0 Å². The van der Waals surface area contributed by atoms with E-state index < -0.39 is 5.97 Å². The molecule has 0 heterocycles. The Kier molecular flexibility index (Phi) is 4.36. The summed E-state index contributed by atoms with van der Waals surface area (Å²) in [5.41, 5.74) is 7.67. The average Bonchev–Trinajstić information content (AvgIpc) is 3.05. The first-order valence-electron chi connectivity index (χ1n) is 9.02. The van der Waals surface area contributed by atoms with Crippen LogP contribution in [0.4, 0.5) is 0 Å². The monoisotopic (exact) mass is 356 g/mol. The first kappa shape index (κ1) is 17.2. The van der Waals surface area contributed by atoms with Gasteiger partial charge in [0.2, 0.25) is 0 Å². The summed E-state index contributed by atoms with van der Waals surface area (Å²) in [6.07, 6.45) is 0.890. The lowest BCUT2D eigenvalue weighted by molar-refractivity contribution is 0.0474. The number of Topliss-reactive ketones (excluding diaryl/α,β-unsaturated/α-hetero) is 1. The Morgan fingerprint density at radius 2 is 1.67 bits per heavy atom. The van der Waals surface area contributed by atoms with Gasteiger partial charge < -0.3 is 4.74 Å². The second-order valence-corrected chi connectivity index (χ2v) is 7.02. The Morgan fingerprint density at radius 3 is 2.52 bits per heavy atom. The van der Waals surface area contributed by atoms with Crippen molar-refractivity contribution < 1.29 is 14.3 Å². The molecule has 1 aliphatic rings. The number of fused-ring (bicyclic) bond motifs is 3. The van der Waals surface area contributed by atoms with Gasteiger partial charge in [0.1, 0.15) is 0 Å². The van der Waals surface area contributed by atoms with Gasteiger partial charge >= 0.3 is 5.97 Å². The van der Waals surface area contributed by atoms with Crippen molar-refractivity contribution in [2.24, 2.45) is 0 Å². The molecule has 0 amide bonds. The maximum atomic E-state index is 12.6. The molecule has 4 rings (SSSR count). The van der Waals surface area contributed by atoms with Gasteiger partial charge in [-0.1, -0.05) is 54.1 Å². The van der Waals surface area contributed by atoms with E-state index >= 15 is 0 Å². The molecule has 0 spiro atoms. The number of rotatable bonds is 4. The van der Waals surface area contributed by atoms with Crippen LogP contribution in [-0.2, 0) is 11.2 Å². The highest BCUT2D eigenvalue weighted by atomic mass is 16.5. The van der Waals surface area contributed by atoms with Crippen molar-refractivity contribution in [1.29, 1.82) is 0 Å². The maximum absolute atomic E-state index is 12.6. The van der Waals surface area contributed by atoms with E-state index in [1.165, 1.54) is 16.7 Å². The van der Waals surface area contributed by atoms with Crippen molar-refractivity contribution >= 4 is 11.8 Å². The average molecular weight is 356 g/mol. The zero-order valence-corrected chi connectivity index (χ0v) is 15.4. The lowest BCUT2D eigenvalue weighted by atomic mass is 10.0. The normalized spacial score (nSPS) is 11.6. The molecule has 0 fully saturated rings. The van der Waals surface area contributed by atoms with Crippen LogP contribution in [0.3, 0.4) is 0 Å². The lowest BCUT2D eigenvalue weighted by Gasteiger charge is -2.09. The van der Waals surface area contributed by atoms with Crippen molar-refractivity contribution in [2.75, 3.05) is 6.61 Å². The summed E-state index contributed by atoms with van der Waals surface area (Å²) in [4.78, 5) is 24.9. The van der Waals surface area contributed by atoms with E-state index in [2.05, 4.69) is 12.1 Å². The van der Waals surface area contributed by atoms with Crippen LogP contribution in [0.5, 0.6) is 0 Å². The molecule has 0 saturated carbocycles. The van der Waals surface area contributed by atoms with Gasteiger partial charge in [-0.15, -0.1) is 0 Å². The predicted molar refractivity (Wildman–Crippen MR) is 105 cm³/mol. The van der Waals surface area contributed by atoms with E-state index in [1.54, 1.807) is 6.07 Å². The Morgan fingerprint density at radius 1 is 0.889 bits per heavy atom. The van der Waals surface area contributed by atoms with Gasteiger partial charge in [-0.25, -0.2) is 4.79 Å². The third kappa shape index (κ3) is 3.28. The number of benzene rings is 3. The largest absolute Gasteiger partial charge is 0.454 e. The van der Waals surface area contributed by atoms with Crippen LogP contribution in [0.2, 0.25) is 0 Å². The molecular formula is C24H20O3. The van der Waals surface area contributed by atoms with E-state index in [1.807, 2.05) is 56.3 Å². The third-order valence-corrected chi connectivity index (χ3v) is 5.07. The zero-order valence-electron chi connectivity index (χ0n) is 15.4. The summed E-state index contributed by atoms with van der Waals surface area (Å²) in [6, 6.07) is 19.6.